The minimum Gasteiger partial charge on any atom is -0.336 e. The molecule has 4 heteroatoms. The van der Waals surface area contributed by atoms with Crippen LogP contribution < -0.4 is 10.9 Å². The fourth-order valence-corrected chi connectivity index (χ4v) is 2.17. The summed E-state index contributed by atoms with van der Waals surface area (Å²) in [6.07, 6.45) is 0.944. The van der Waals surface area contributed by atoms with Crippen LogP contribution in [0.4, 0.5) is 0 Å². The molecule has 0 saturated heterocycles. The first kappa shape index (κ1) is 12.8. The number of quaternary nitrogens is 1. The highest BCUT2D eigenvalue weighted by Gasteiger charge is 2.17. The minimum atomic E-state index is -0.0498. The molecule has 0 aliphatic rings. The van der Waals surface area contributed by atoms with E-state index in [-0.39, 0.29) is 11.6 Å². The Morgan fingerprint density at radius 3 is 2.72 bits per heavy atom. The number of rotatable bonds is 4. The van der Waals surface area contributed by atoms with Crippen molar-refractivity contribution >= 4 is 10.9 Å². The highest BCUT2D eigenvalue weighted by Crippen LogP contribution is 2.10. The summed E-state index contributed by atoms with van der Waals surface area (Å²) < 4.78 is 0. The number of hydrogen-bond acceptors (Lipinski definition) is 2. The number of para-hydroxylation sites is 1. The summed E-state index contributed by atoms with van der Waals surface area (Å²) in [6, 6.07) is 8.14. The molecule has 96 valence electrons. The van der Waals surface area contributed by atoms with Gasteiger partial charge in [-0.2, -0.15) is 0 Å². The second-order valence-corrected chi connectivity index (χ2v) is 4.92. The summed E-state index contributed by atoms with van der Waals surface area (Å²) in [5.41, 5.74) is 0.720. The number of aromatic amines is 1. The summed E-state index contributed by atoms with van der Waals surface area (Å²) in [6.45, 7) is 6.39. The van der Waals surface area contributed by atoms with Crippen molar-refractivity contribution in [1.82, 2.24) is 9.97 Å². The molecule has 0 spiro atoms. The third-order valence-electron chi connectivity index (χ3n) is 3.04. The molecule has 1 aromatic carbocycles. The monoisotopic (exact) mass is 246 g/mol. The first-order valence-corrected chi connectivity index (χ1v) is 6.45. The van der Waals surface area contributed by atoms with Crippen LogP contribution in [-0.4, -0.2) is 16.0 Å². The van der Waals surface area contributed by atoms with E-state index >= 15 is 0 Å². The number of benzene rings is 1. The Balaban J connectivity index is 2.48. The lowest BCUT2D eigenvalue weighted by Crippen LogP contribution is -2.89. The summed E-state index contributed by atoms with van der Waals surface area (Å²) in [5, 5.41) is 2.88. The number of nitrogens with zero attached hydrogens (tertiary/aromatic N) is 1. The Morgan fingerprint density at radius 2 is 2.06 bits per heavy atom. The van der Waals surface area contributed by atoms with Crippen LogP contribution in [-0.2, 0) is 0 Å². The largest absolute Gasteiger partial charge is 0.336 e. The number of nitrogens with one attached hydrogen (secondary N) is 1. The van der Waals surface area contributed by atoms with Gasteiger partial charge < -0.3 is 10.3 Å². The van der Waals surface area contributed by atoms with E-state index in [0.717, 1.165) is 17.8 Å². The van der Waals surface area contributed by atoms with E-state index in [2.05, 4.69) is 36.1 Å². The topological polar surface area (TPSA) is 62.4 Å². The summed E-state index contributed by atoms with van der Waals surface area (Å²) in [7, 11) is 0. The van der Waals surface area contributed by atoms with Crippen LogP contribution >= 0.6 is 0 Å². The van der Waals surface area contributed by atoms with Crippen molar-refractivity contribution in [3.63, 3.8) is 0 Å². The average Bonchev–Trinajstić information content (AvgIpc) is 2.35. The van der Waals surface area contributed by atoms with E-state index in [4.69, 9.17) is 0 Å². The molecule has 3 N–H and O–H groups in total. The maximum atomic E-state index is 12.0. The molecule has 1 aromatic heterocycles. The lowest BCUT2D eigenvalue weighted by molar-refractivity contribution is -0.723. The standard InChI is InChI=1S/C14H19N3O/c1-4-11(15-9(2)3)13-16-12-8-6-5-7-10(12)14(18)17-13/h5-9,11,15H,4H2,1-3H3,(H,16,17,18)/p+1/t11-/m1/s1. The molecule has 0 unspecified atom stereocenters. The number of hydrogen-bond donors (Lipinski definition) is 2. The zero-order valence-corrected chi connectivity index (χ0v) is 11.1. The second kappa shape index (κ2) is 5.31. The molecule has 0 radical (unpaired) electrons. The van der Waals surface area contributed by atoms with Crippen LogP contribution in [0.2, 0.25) is 0 Å². The molecular weight excluding hydrogens is 226 g/mol. The maximum absolute atomic E-state index is 12.0. The number of nitrogens with two attached hydrogens (primary N) is 1. The van der Waals surface area contributed by atoms with Crippen LogP contribution in [0.25, 0.3) is 10.9 Å². The van der Waals surface area contributed by atoms with Crippen molar-refractivity contribution in [2.24, 2.45) is 0 Å². The molecule has 0 saturated carbocycles. The van der Waals surface area contributed by atoms with E-state index in [1.807, 2.05) is 18.2 Å². The SMILES string of the molecule is CC[C@@H]([NH2+]C(C)C)c1nc2ccccc2c(=O)[nH]1. The summed E-state index contributed by atoms with van der Waals surface area (Å²) in [4.78, 5) is 19.5. The normalized spacial score (nSPS) is 13.1. The average molecular weight is 246 g/mol. The first-order chi connectivity index (χ1) is 8.61. The Morgan fingerprint density at radius 1 is 1.33 bits per heavy atom. The van der Waals surface area contributed by atoms with Crippen molar-refractivity contribution in [2.75, 3.05) is 0 Å². The third-order valence-corrected chi connectivity index (χ3v) is 3.04. The van der Waals surface area contributed by atoms with Crippen molar-refractivity contribution in [2.45, 2.75) is 39.3 Å². The van der Waals surface area contributed by atoms with Gasteiger partial charge in [-0.1, -0.05) is 19.1 Å². The van der Waals surface area contributed by atoms with Gasteiger partial charge in [0.05, 0.1) is 16.9 Å². The Hall–Kier alpha value is -1.68. The van der Waals surface area contributed by atoms with E-state index in [1.165, 1.54) is 0 Å². The molecule has 2 aromatic rings. The van der Waals surface area contributed by atoms with Gasteiger partial charge >= 0.3 is 0 Å². The molecule has 0 fully saturated rings. The van der Waals surface area contributed by atoms with Gasteiger partial charge in [0.15, 0.2) is 5.82 Å². The summed E-state index contributed by atoms with van der Waals surface area (Å²) in [5.74, 6) is 0.773. The molecular formula is C14H20N3O+. The zero-order valence-electron chi connectivity index (χ0n) is 11.1. The van der Waals surface area contributed by atoms with Crippen molar-refractivity contribution < 1.29 is 5.32 Å². The predicted octanol–water partition coefficient (Wildman–Crippen LogP) is 1.35. The molecule has 0 bridgehead atoms. The van der Waals surface area contributed by atoms with Crippen molar-refractivity contribution in [3.05, 3.63) is 40.4 Å². The van der Waals surface area contributed by atoms with Crippen LogP contribution in [0.5, 0.6) is 0 Å². The van der Waals surface area contributed by atoms with E-state index in [1.54, 1.807) is 6.07 Å². The van der Waals surface area contributed by atoms with Gasteiger partial charge in [-0.3, -0.25) is 4.79 Å². The third kappa shape index (κ3) is 2.59. The first-order valence-electron chi connectivity index (χ1n) is 6.45. The van der Waals surface area contributed by atoms with Gasteiger partial charge in [-0.15, -0.1) is 0 Å². The number of fused-ring (bicyclic) bond motifs is 1. The van der Waals surface area contributed by atoms with E-state index < -0.39 is 0 Å². The number of aromatic nitrogens is 2. The van der Waals surface area contributed by atoms with Crippen molar-refractivity contribution in [3.8, 4) is 0 Å². The van der Waals surface area contributed by atoms with Gasteiger partial charge in [0.1, 0.15) is 6.04 Å². The van der Waals surface area contributed by atoms with Gasteiger partial charge in [-0.25, -0.2) is 4.98 Å². The van der Waals surface area contributed by atoms with Gasteiger partial charge in [0.25, 0.3) is 5.56 Å². The van der Waals surface area contributed by atoms with E-state index in [0.29, 0.717) is 11.4 Å². The second-order valence-electron chi connectivity index (χ2n) is 4.92. The van der Waals surface area contributed by atoms with E-state index in [9.17, 15) is 4.79 Å². The molecule has 4 nitrogen and oxygen atoms in total. The Labute approximate surface area is 106 Å². The lowest BCUT2D eigenvalue weighted by atomic mass is 10.1. The zero-order chi connectivity index (χ0) is 13.1. The molecule has 1 atom stereocenters. The molecule has 0 amide bonds. The predicted molar refractivity (Wildman–Crippen MR) is 72.5 cm³/mol. The van der Waals surface area contributed by atoms with Crippen molar-refractivity contribution in [1.29, 1.82) is 0 Å². The Kier molecular flexibility index (Phi) is 3.77. The number of H-pyrrole nitrogens is 1. The quantitative estimate of drug-likeness (QED) is 0.855. The fourth-order valence-electron chi connectivity index (χ4n) is 2.17. The van der Waals surface area contributed by atoms with Crippen LogP contribution in [0.1, 0.15) is 39.1 Å². The van der Waals surface area contributed by atoms with Crippen LogP contribution in [0.15, 0.2) is 29.1 Å². The van der Waals surface area contributed by atoms with Gasteiger partial charge in [-0.05, 0) is 26.0 Å². The molecule has 1 heterocycles. The summed E-state index contributed by atoms with van der Waals surface area (Å²) >= 11 is 0. The smallest absolute Gasteiger partial charge is 0.258 e. The Bertz CT molecular complexity index is 589. The van der Waals surface area contributed by atoms with Gasteiger partial charge in [0, 0.05) is 6.42 Å². The molecule has 0 aliphatic carbocycles. The van der Waals surface area contributed by atoms with Crippen LogP contribution in [0.3, 0.4) is 0 Å². The highest BCUT2D eigenvalue weighted by molar-refractivity contribution is 5.77. The molecule has 18 heavy (non-hydrogen) atoms. The fraction of sp³-hybridized carbons (Fsp3) is 0.429. The molecule has 2 rings (SSSR count). The molecule has 0 aliphatic heterocycles. The van der Waals surface area contributed by atoms with Gasteiger partial charge in [0.2, 0.25) is 0 Å². The minimum absolute atomic E-state index is 0.0498. The highest BCUT2D eigenvalue weighted by atomic mass is 16.1. The van der Waals surface area contributed by atoms with Crippen LogP contribution in [0, 0.1) is 0 Å². The lowest BCUT2D eigenvalue weighted by Gasteiger charge is -2.15. The maximum Gasteiger partial charge on any atom is 0.258 e.